The first kappa shape index (κ1) is 17.9. The van der Waals surface area contributed by atoms with Crippen LogP contribution in [-0.4, -0.2) is 30.8 Å². The highest BCUT2D eigenvalue weighted by Crippen LogP contribution is 2.29. The maximum atomic E-state index is 11.7. The molecule has 1 aromatic rings. The number of carbonyl (C=O) groups is 1. The van der Waals surface area contributed by atoms with Gasteiger partial charge in [-0.3, -0.25) is 4.79 Å². The standard InChI is InChI=1S/C13H16Cl2N2OS.ClH/c14-9-3-4-11(15)12(6-9)19-8-13(18)17-7-10-2-1-5-16-10;/h3-4,6,10,16H,1-2,5,7-8H2,(H,17,18);1H. The first-order valence-electron chi connectivity index (χ1n) is 6.23. The topological polar surface area (TPSA) is 41.1 Å². The van der Waals surface area contributed by atoms with Crippen LogP contribution in [0.2, 0.25) is 10.0 Å². The Balaban J connectivity index is 0.00000200. The lowest BCUT2D eigenvalue weighted by Crippen LogP contribution is -2.37. The zero-order valence-corrected chi connectivity index (χ0v) is 14.0. The van der Waals surface area contributed by atoms with Crippen LogP contribution in [0.3, 0.4) is 0 Å². The fraction of sp³-hybridized carbons (Fsp3) is 0.462. The molecule has 3 nitrogen and oxygen atoms in total. The van der Waals surface area contributed by atoms with Crippen molar-refractivity contribution < 1.29 is 4.79 Å². The average molecular weight is 356 g/mol. The summed E-state index contributed by atoms with van der Waals surface area (Å²) in [7, 11) is 0. The van der Waals surface area contributed by atoms with Gasteiger partial charge in [0, 0.05) is 22.5 Å². The van der Waals surface area contributed by atoms with E-state index in [1.807, 2.05) is 0 Å². The second-order valence-electron chi connectivity index (χ2n) is 4.46. The minimum absolute atomic E-state index is 0. The Morgan fingerprint density at radius 2 is 2.25 bits per heavy atom. The molecule has 1 aliphatic rings. The Bertz CT molecular complexity index is 453. The third-order valence-electron chi connectivity index (χ3n) is 2.96. The molecule has 2 rings (SSSR count). The summed E-state index contributed by atoms with van der Waals surface area (Å²) in [5.41, 5.74) is 0. The Kier molecular flexibility index (Phi) is 8.07. The van der Waals surface area contributed by atoms with E-state index in [0.717, 1.165) is 17.9 Å². The van der Waals surface area contributed by atoms with Gasteiger partial charge in [0.25, 0.3) is 0 Å². The van der Waals surface area contributed by atoms with Crippen LogP contribution in [0.4, 0.5) is 0 Å². The molecule has 0 saturated carbocycles. The van der Waals surface area contributed by atoms with Crippen molar-refractivity contribution in [3.05, 3.63) is 28.2 Å². The molecule has 0 bridgehead atoms. The van der Waals surface area contributed by atoms with Gasteiger partial charge in [0.05, 0.1) is 10.8 Å². The number of hydrogen-bond donors (Lipinski definition) is 2. The van der Waals surface area contributed by atoms with E-state index in [4.69, 9.17) is 23.2 Å². The molecule has 1 heterocycles. The monoisotopic (exact) mass is 354 g/mol. The van der Waals surface area contributed by atoms with Gasteiger partial charge in [0.15, 0.2) is 0 Å². The fourth-order valence-corrected chi connectivity index (χ4v) is 3.27. The molecule has 1 aliphatic heterocycles. The lowest BCUT2D eigenvalue weighted by Gasteiger charge is -2.11. The molecule has 1 fully saturated rings. The maximum absolute atomic E-state index is 11.7. The van der Waals surface area contributed by atoms with E-state index in [-0.39, 0.29) is 18.3 Å². The summed E-state index contributed by atoms with van der Waals surface area (Å²) in [6.07, 6.45) is 2.32. The molecule has 0 spiro atoms. The quantitative estimate of drug-likeness (QED) is 0.796. The number of benzene rings is 1. The fourth-order valence-electron chi connectivity index (χ4n) is 1.95. The Morgan fingerprint density at radius 1 is 1.45 bits per heavy atom. The summed E-state index contributed by atoms with van der Waals surface area (Å²) < 4.78 is 0. The predicted octanol–water partition coefficient (Wildman–Crippen LogP) is 3.38. The first-order valence-corrected chi connectivity index (χ1v) is 7.97. The van der Waals surface area contributed by atoms with Crippen LogP contribution < -0.4 is 10.6 Å². The third-order valence-corrected chi connectivity index (χ3v) is 4.69. The van der Waals surface area contributed by atoms with E-state index in [2.05, 4.69) is 10.6 Å². The van der Waals surface area contributed by atoms with E-state index >= 15 is 0 Å². The highest BCUT2D eigenvalue weighted by atomic mass is 35.5. The molecule has 1 amide bonds. The van der Waals surface area contributed by atoms with Crippen molar-refractivity contribution in [2.24, 2.45) is 0 Å². The number of nitrogens with one attached hydrogen (secondary N) is 2. The highest BCUT2D eigenvalue weighted by molar-refractivity contribution is 8.00. The van der Waals surface area contributed by atoms with Crippen LogP contribution in [0, 0.1) is 0 Å². The molecular formula is C13H17Cl3N2OS. The Hall–Kier alpha value is -0.130. The smallest absolute Gasteiger partial charge is 0.230 e. The largest absolute Gasteiger partial charge is 0.354 e. The van der Waals surface area contributed by atoms with Gasteiger partial charge in [0.2, 0.25) is 5.91 Å². The van der Waals surface area contributed by atoms with Gasteiger partial charge in [-0.15, -0.1) is 24.2 Å². The molecule has 1 saturated heterocycles. The van der Waals surface area contributed by atoms with Crippen LogP contribution in [0.25, 0.3) is 0 Å². The summed E-state index contributed by atoms with van der Waals surface area (Å²) in [6.45, 7) is 1.75. The lowest BCUT2D eigenvalue weighted by molar-refractivity contribution is -0.118. The third kappa shape index (κ3) is 5.70. The Labute approximate surface area is 139 Å². The summed E-state index contributed by atoms with van der Waals surface area (Å²) in [5.74, 6) is 0.377. The second kappa shape index (κ2) is 9.00. The van der Waals surface area contributed by atoms with Crippen molar-refractivity contribution in [1.29, 1.82) is 0 Å². The molecule has 112 valence electrons. The van der Waals surface area contributed by atoms with E-state index < -0.39 is 0 Å². The Morgan fingerprint density at radius 3 is 2.95 bits per heavy atom. The molecule has 1 unspecified atom stereocenters. The lowest BCUT2D eigenvalue weighted by atomic mass is 10.2. The minimum Gasteiger partial charge on any atom is -0.354 e. The number of thioether (sulfide) groups is 1. The molecule has 1 aromatic carbocycles. The first-order chi connectivity index (χ1) is 9.15. The molecule has 0 radical (unpaired) electrons. The molecule has 0 aliphatic carbocycles. The summed E-state index contributed by atoms with van der Waals surface area (Å²) in [5, 5.41) is 7.52. The van der Waals surface area contributed by atoms with Gasteiger partial charge in [0.1, 0.15) is 0 Å². The van der Waals surface area contributed by atoms with E-state index in [9.17, 15) is 4.79 Å². The van der Waals surface area contributed by atoms with Crippen molar-refractivity contribution in [3.8, 4) is 0 Å². The zero-order valence-electron chi connectivity index (χ0n) is 10.8. The van der Waals surface area contributed by atoms with Gasteiger partial charge in [-0.05, 0) is 37.6 Å². The number of halogens is 3. The summed E-state index contributed by atoms with van der Waals surface area (Å²) in [4.78, 5) is 12.6. The van der Waals surface area contributed by atoms with Gasteiger partial charge in [-0.1, -0.05) is 23.2 Å². The van der Waals surface area contributed by atoms with Gasteiger partial charge in [-0.2, -0.15) is 0 Å². The number of rotatable bonds is 5. The van der Waals surface area contributed by atoms with Crippen molar-refractivity contribution in [1.82, 2.24) is 10.6 Å². The normalized spacial score (nSPS) is 17.6. The predicted molar refractivity (Wildman–Crippen MR) is 88.5 cm³/mol. The SMILES string of the molecule is Cl.O=C(CSc1cc(Cl)ccc1Cl)NCC1CCCN1. The van der Waals surface area contributed by atoms with E-state index in [0.29, 0.717) is 28.4 Å². The molecule has 20 heavy (non-hydrogen) atoms. The van der Waals surface area contributed by atoms with Crippen molar-refractivity contribution in [2.75, 3.05) is 18.8 Å². The van der Waals surface area contributed by atoms with Crippen LogP contribution in [-0.2, 0) is 4.79 Å². The van der Waals surface area contributed by atoms with Crippen LogP contribution in [0.1, 0.15) is 12.8 Å². The van der Waals surface area contributed by atoms with Crippen molar-refractivity contribution >= 4 is 53.3 Å². The van der Waals surface area contributed by atoms with Gasteiger partial charge in [-0.25, -0.2) is 0 Å². The van der Waals surface area contributed by atoms with Crippen LogP contribution in [0.5, 0.6) is 0 Å². The second-order valence-corrected chi connectivity index (χ2v) is 6.32. The number of hydrogen-bond acceptors (Lipinski definition) is 3. The van der Waals surface area contributed by atoms with Crippen LogP contribution >= 0.6 is 47.4 Å². The van der Waals surface area contributed by atoms with Crippen molar-refractivity contribution in [3.63, 3.8) is 0 Å². The van der Waals surface area contributed by atoms with E-state index in [1.165, 1.54) is 18.2 Å². The summed E-state index contributed by atoms with van der Waals surface area (Å²) >= 11 is 13.3. The van der Waals surface area contributed by atoms with E-state index in [1.54, 1.807) is 18.2 Å². The zero-order chi connectivity index (χ0) is 13.7. The van der Waals surface area contributed by atoms with Crippen LogP contribution in [0.15, 0.2) is 23.1 Å². The number of amides is 1. The van der Waals surface area contributed by atoms with Gasteiger partial charge < -0.3 is 10.6 Å². The highest BCUT2D eigenvalue weighted by Gasteiger charge is 2.14. The molecular weight excluding hydrogens is 339 g/mol. The molecule has 1 atom stereocenters. The van der Waals surface area contributed by atoms with Gasteiger partial charge >= 0.3 is 0 Å². The molecule has 0 aromatic heterocycles. The maximum Gasteiger partial charge on any atom is 0.230 e. The molecule has 7 heteroatoms. The number of carbonyl (C=O) groups excluding carboxylic acids is 1. The minimum atomic E-state index is 0. The average Bonchev–Trinajstić information content (AvgIpc) is 2.90. The summed E-state index contributed by atoms with van der Waals surface area (Å²) in [6, 6.07) is 5.68. The van der Waals surface area contributed by atoms with Crippen molar-refractivity contribution in [2.45, 2.75) is 23.8 Å². The molecule has 2 N–H and O–H groups in total.